The lowest BCUT2D eigenvalue weighted by Gasteiger charge is -2.07. The Balaban J connectivity index is 1.59. The van der Waals surface area contributed by atoms with E-state index in [0.29, 0.717) is 28.0 Å². The maximum atomic E-state index is 12.3. The number of hydrogen-bond acceptors (Lipinski definition) is 3. The third kappa shape index (κ3) is 2.81. The van der Waals surface area contributed by atoms with Crippen LogP contribution in [0.5, 0.6) is 0 Å². The van der Waals surface area contributed by atoms with Gasteiger partial charge in [0, 0.05) is 11.3 Å². The van der Waals surface area contributed by atoms with Gasteiger partial charge < -0.3 is 10.5 Å². The summed E-state index contributed by atoms with van der Waals surface area (Å²) in [5.41, 5.74) is 2.97. The summed E-state index contributed by atoms with van der Waals surface area (Å²) in [4.78, 5) is 14.2. The minimum atomic E-state index is -0.183. The van der Waals surface area contributed by atoms with Gasteiger partial charge in [-0.2, -0.15) is 0 Å². The third-order valence-electron chi connectivity index (χ3n) is 3.85. The molecule has 3 aromatic carbocycles. The van der Waals surface area contributed by atoms with Crippen molar-refractivity contribution in [2.75, 3.05) is 5.32 Å². The first kappa shape index (κ1) is 14.9. The summed E-state index contributed by atoms with van der Waals surface area (Å²) in [5.74, 6) is -0.183. The monoisotopic (exact) mass is 330 g/mol. The molecule has 122 valence electrons. The number of rotatable bonds is 3. The van der Waals surface area contributed by atoms with Crippen LogP contribution in [-0.2, 0) is 0 Å². The van der Waals surface area contributed by atoms with E-state index >= 15 is 0 Å². The number of benzene rings is 3. The molecule has 25 heavy (non-hydrogen) atoms. The van der Waals surface area contributed by atoms with Crippen LogP contribution in [0.25, 0.3) is 16.7 Å². The van der Waals surface area contributed by atoms with Crippen molar-refractivity contribution in [2.24, 2.45) is 0 Å². The number of aromatic nitrogens is 3. The second-order valence-corrected chi connectivity index (χ2v) is 5.52. The van der Waals surface area contributed by atoms with Crippen molar-refractivity contribution in [3.63, 3.8) is 0 Å². The molecule has 0 aliphatic heterocycles. The molecular formula is C19H14N4O2. The molecule has 4 rings (SSSR count). The van der Waals surface area contributed by atoms with Gasteiger partial charge in [-0.1, -0.05) is 30.3 Å². The smallest absolute Gasteiger partial charge is 0.255 e. The summed E-state index contributed by atoms with van der Waals surface area (Å²) in [6.45, 7) is 0. The molecule has 0 aliphatic rings. The van der Waals surface area contributed by atoms with Gasteiger partial charge in [-0.05, 0) is 53.3 Å². The van der Waals surface area contributed by atoms with Crippen molar-refractivity contribution in [1.29, 1.82) is 0 Å². The fourth-order valence-electron chi connectivity index (χ4n) is 2.59. The van der Waals surface area contributed by atoms with Gasteiger partial charge in [0.1, 0.15) is 5.69 Å². The highest BCUT2D eigenvalue weighted by Gasteiger charge is 2.15. The van der Waals surface area contributed by atoms with Crippen LogP contribution in [0, 0.1) is 5.21 Å². The second-order valence-electron chi connectivity index (χ2n) is 5.52. The van der Waals surface area contributed by atoms with Gasteiger partial charge in [-0.3, -0.25) is 4.79 Å². The molecule has 0 saturated carbocycles. The normalized spacial score (nSPS) is 10.7. The minimum absolute atomic E-state index is 0.183. The summed E-state index contributed by atoms with van der Waals surface area (Å²) in [5, 5.41) is 19.4. The molecule has 0 spiro atoms. The fraction of sp³-hybridized carbons (Fsp3) is 0. The lowest BCUT2D eigenvalue weighted by Crippen LogP contribution is -2.37. The fourth-order valence-corrected chi connectivity index (χ4v) is 2.59. The van der Waals surface area contributed by atoms with Crippen molar-refractivity contribution in [2.45, 2.75) is 0 Å². The van der Waals surface area contributed by atoms with Crippen LogP contribution >= 0.6 is 0 Å². The van der Waals surface area contributed by atoms with Gasteiger partial charge >= 0.3 is 0 Å². The minimum Gasteiger partial charge on any atom is -0.692 e. The number of para-hydroxylation sites is 1. The highest BCUT2D eigenvalue weighted by Crippen LogP contribution is 2.15. The Bertz CT molecular complexity index is 1040. The maximum Gasteiger partial charge on any atom is 0.255 e. The maximum absolute atomic E-state index is 12.3. The number of nitrogens with one attached hydrogen (secondary N) is 1. The van der Waals surface area contributed by atoms with Crippen LogP contribution in [0.4, 0.5) is 5.69 Å². The van der Waals surface area contributed by atoms with Crippen molar-refractivity contribution in [3.05, 3.63) is 89.6 Å². The van der Waals surface area contributed by atoms with Crippen molar-refractivity contribution < 1.29 is 9.64 Å². The molecule has 0 saturated heterocycles. The molecule has 1 heterocycles. The number of fused-ring (bicyclic) bond motifs is 1. The van der Waals surface area contributed by atoms with E-state index in [1.807, 2.05) is 24.3 Å². The van der Waals surface area contributed by atoms with E-state index in [-0.39, 0.29) is 5.91 Å². The zero-order valence-electron chi connectivity index (χ0n) is 13.2. The number of nitrogens with zero attached hydrogens (tertiary/aromatic N) is 3. The molecule has 0 radical (unpaired) electrons. The largest absolute Gasteiger partial charge is 0.692 e. The average molecular weight is 330 g/mol. The van der Waals surface area contributed by atoms with E-state index in [4.69, 9.17) is 0 Å². The van der Waals surface area contributed by atoms with Crippen LogP contribution in [0.2, 0.25) is 0 Å². The molecule has 4 aromatic rings. The third-order valence-corrected chi connectivity index (χ3v) is 3.85. The molecule has 0 bridgehead atoms. The van der Waals surface area contributed by atoms with Crippen LogP contribution in [0.3, 0.4) is 0 Å². The average Bonchev–Trinajstić information content (AvgIpc) is 3.00. The van der Waals surface area contributed by atoms with Gasteiger partial charge in [0.15, 0.2) is 0 Å². The standard InChI is InChI=1S/C19H14N4O2/c24-19(14-6-2-1-3-7-14)20-15-10-12-16(13-11-15)22-21-17-8-4-5-9-18(17)23(22)25/h1-13H,(H,20,24). The molecule has 1 aromatic heterocycles. The van der Waals surface area contributed by atoms with Gasteiger partial charge in [0.05, 0.1) is 5.10 Å². The highest BCUT2D eigenvalue weighted by atomic mass is 16.5. The van der Waals surface area contributed by atoms with E-state index in [2.05, 4.69) is 10.4 Å². The van der Waals surface area contributed by atoms with E-state index in [1.165, 1.54) is 4.80 Å². The number of amides is 1. The quantitative estimate of drug-likeness (QED) is 0.464. The summed E-state index contributed by atoms with van der Waals surface area (Å²) in [7, 11) is 0. The molecule has 6 nitrogen and oxygen atoms in total. The van der Waals surface area contributed by atoms with E-state index in [0.717, 1.165) is 4.85 Å². The van der Waals surface area contributed by atoms with Crippen LogP contribution in [-0.4, -0.2) is 15.8 Å². The highest BCUT2D eigenvalue weighted by molar-refractivity contribution is 6.04. The molecule has 0 aliphatic carbocycles. The van der Waals surface area contributed by atoms with E-state index in [1.54, 1.807) is 54.6 Å². The summed E-state index contributed by atoms with van der Waals surface area (Å²) in [6.07, 6.45) is 0. The number of hydrogen-bond donors (Lipinski definition) is 1. The van der Waals surface area contributed by atoms with Crippen molar-refractivity contribution in [1.82, 2.24) is 9.90 Å². The zero-order chi connectivity index (χ0) is 17.2. The molecular weight excluding hydrogens is 316 g/mol. The second kappa shape index (κ2) is 6.09. The first-order chi connectivity index (χ1) is 12.2. The van der Waals surface area contributed by atoms with E-state index in [9.17, 15) is 10.0 Å². The Labute approximate surface area is 143 Å². The first-order valence-corrected chi connectivity index (χ1v) is 7.77. The lowest BCUT2D eigenvalue weighted by molar-refractivity contribution is -0.664. The van der Waals surface area contributed by atoms with Gasteiger partial charge in [0.25, 0.3) is 5.91 Å². The van der Waals surface area contributed by atoms with Crippen LogP contribution in [0.15, 0.2) is 78.9 Å². The Kier molecular flexibility index (Phi) is 3.63. The Hall–Kier alpha value is -3.67. The van der Waals surface area contributed by atoms with E-state index < -0.39 is 0 Å². The van der Waals surface area contributed by atoms with Gasteiger partial charge in [0.2, 0.25) is 11.0 Å². The Morgan fingerprint density at radius 2 is 1.60 bits per heavy atom. The predicted molar refractivity (Wildman–Crippen MR) is 94.4 cm³/mol. The molecule has 1 amide bonds. The predicted octanol–water partition coefficient (Wildman–Crippen LogP) is 2.91. The van der Waals surface area contributed by atoms with Crippen LogP contribution < -0.4 is 10.2 Å². The molecule has 1 N–H and O–H groups in total. The molecule has 0 atom stereocenters. The van der Waals surface area contributed by atoms with Crippen LogP contribution in [0.1, 0.15) is 10.4 Å². The SMILES string of the molecule is O=C(Nc1ccc(-n2nc3ccccc3[n+]2[O-])cc1)c1ccccc1. The first-order valence-electron chi connectivity index (χ1n) is 7.77. The zero-order valence-corrected chi connectivity index (χ0v) is 13.2. The molecule has 0 fully saturated rings. The number of anilines is 1. The summed E-state index contributed by atoms with van der Waals surface area (Å²) >= 11 is 0. The summed E-state index contributed by atoms with van der Waals surface area (Å²) < 4.78 is 0. The van der Waals surface area contributed by atoms with Crippen molar-refractivity contribution in [3.8, 4) is 5.69 Å². The Morgan fingerprint density at radius 3 is 2.32 bits per heavy atom. The summed E-state index contributed by atoms with van der Waals surface area (Å²) in [6, 6.07) is 23.1. The lowest BCUT2D eigenvalue weighted by atomic mass is 10.2. The number of carbonyl (C=O) groups is 1. The topological polar surface area (TPSA) is 73.9 Å². The number of carbonyl (C=O) groups excluding carboxylic acids is 1. The molecule has 6 heteroatoms. The van der Waals surface area contributed by atoms with Gasteiger partial charge in [-0.15, -0.1) is 4.85 Å². The Morgan fingerprint density at radius 1 is 0.920 bits per heavy atom. The van der Waals surface area contributed by atoms with Crippen molar-refractivity contribution >= 4 is 22.6 Å². The van der Waals surface area contributed by atoms with Gasteiger partial charge in [-0.25, -0.2) is 0 Å². The molecule has 0 unspecified atom stereocenters.